The number of carbonyl (C=O) groups excluding carboxylic acids is 1. The van der Waals surface area contributed by atoms with Gasteiger partial charge in [0.15, 0.2) is 0 Å². The van der Waals surface area contributed by atoms with Gasteiger partial charge in [0, 0.05) is 6.04 Å². The van der Waals surface area contributed by atoms with Gasteiger partial charge in [-0.1, -0.05) is 6.92 Å². The molecule has 1 aliphatic carbocycles. The molecule has 2 unspecified atom stereocenters. The van der Waals surface area contributed by atoms with Crippen molar-refractivity contribution >= 4 is 11.9 Å². The molecule has 0 aromatic carbocycles. The van der Waals surface area contributed by atoms with E-state index >= 15 is 0 Å². The molecule has 1 fully saturated rings. The van der Waals surface area contributed by atoms with Crippen LogP contribution in [0.3, 0.4) is 0 Å². The zero-order chi connectivity index (χ0) is 13.2. The predicted molar refractivity (Wildman–Crippen MR) is 64.4 cm³/mol. The standard InChI is InChI=1S/C12H22N2O3/c1-4-8(2)14(7-10(15)16)11(17)12(3,13)9-5-6-9/h8-9H,4-7,13H2,1-3H3,(H,15,16). The van der Waals surface area contributed by atoms with Crippen molar-refractivity contribution in [2.24, 2.45) is 11.7 Å². The van der Waals surface area contributed by atoms with Gasteiger partial charge in [-0.2, -0.15) is 0 Å². The van der Waals surface area contributed by atoms with E-state index < -0.39 is 11.5 Å². The Morgan fingerprint density at radius 1 is 1.53 bits per heavy atom. The number of carboxylic acids is 1. The Kier molecular flexibility index (Phi) is 4.14. The van der Waals surface area contributed by atoms with Gasteiger partial charge in [-0.05, 0) is 39.0 Å². The van der Waals surface area contributed by atoms with Crippen LogP contribution >= 0.6 is 0 Å². The normalized spacial score (nSPS) is 20.5. The van der Waals surface area contributed by atoms with E-state index in [1.54, 1.807) is 6.92 Å². The van der Waals surface area contributed by atoms with E-state index in [0.717, 1.165) is 19.3 Å². The lowest BCUT2D eigenvalue weighted by molar-refractivity contribution is -0.149. The summed E-state index contributed by atoms with van der Waals surface area (Å²) < 4.78 is 0. The summed E-state index contributed by atoms with van der Waals surface area (Å²) in [6.45, 7) is 5.22. The molecule has 0 saturated heterocycles. The van der Waals surface area contributed by atoms with E-state index in [9.17, 15) is 9.59 Å². The van der Waals surface area contributed by atoms with Crippen LogP contribution in [0.1, 0.15) is 40.0 Å². The van der Waals surface area contributed by atoms with Crippen LogP contribution in [-0.4, -0.2) is 40.0 Å². The monoisotopic (exact) mass is 242 g/mol. The summed E-state index contributed by atoms with van der Waals surface area (Å²) >= 11 is 0. The van der Waals surface area contributed by atoms with Crippen molar-refractivity contribution in [3.8, 4) is 0 Å². The van der Waals surface area contributed by atoms with Crippen LogP contribution in [0.4, 0.5) is 0 Å². The molecule has 0 aliphatic heterocycles. The quantitative estimate of drug-likeness (QED) is 0.722. The number of nitrogens with two attached hydrogens (primary N) is 1. The third kappa shape index (κ3) is 3.19. The molecule has 2 atom stereocenters. The molecule has 5 nitrogen and oxygen atoms in total. The summed E-state index contributed by atoms with van der Waals surface area (Å²) in [6, 6.07) is -0.0970. The lowest BCUT2D eigenvalue weighted by Crippen LogP contribution is -2.58. The molecule has 3 N–H and O–H groups in total. The zero-order valence-electron chi connectivity index (χ0n) is 10.8. The van der Waals surface area contributed by atoms with Crippen molar-refractivity contribution in [2.45, 2.75) is 51.6 Å². The average Bonchev–Trinajstić information content (AvgIpc) is 3.07. The summed E-state index contributed by atoms with van der Waals surface area (Å²) in [5.74, 6) is -1.03. The third-order valence-corrected chi connectivity index (χ3v) is 3.58. The summed E-state index contributed by atoms with van der Waals surface area (Å²) in [7, 11) is 0. The lowest BCUT2D eigenvalue weighted by Gasteiger charge is -2.34. The fourth-order valence-corrected chi connectivity index (χ4v) is 1.96. The third-order valence-electron chi connectivity index (χ3n) is 3.58. The predicted octanol–water partition coefficient (Wildman–Crippen LogP) is 0.825. The molecule has 98 valence electrons. The molecule has 0 spiro atoms. The molecule has 0 heterocycles. The first-order valence-corrected chi connectivity index (χ1v) is 6.12. The van der Waals surface area contributed by atoms with E-state index in [-0.39, 0.29) is 24.4 Å². The van der Waals surface area contributed by atoms with Crippen molar-refractivity contribution in [1.29, 1.82) is 0 Å². The Labute approximate surface area is 102 Å². The molecule has 5 heteroatoms. The largest absolute Gasteiger partial charge is 0.480 e. The van der Waals surface area contributed by atoms with Crippen molar-refractivity contribution in [3.63, 3.8) is 0 Å². The van der Waals surface area contributed by atoms with Gasteiger partial charge in [0.25, 0.3) is 0 Å². The Hall–Kier alpha value is -1.10. The second-order valence-electron chi connectivity index (χ2n) is 5.14. The highest BCUT2D eigenvalue weighted by Gasteiger charge is 2.46. The molecule has 1 saturated carbocycles. The van der Waals surface area contributed by atoms with Crippen LogP contribution in [0.15, 0.2) is 0 Å². The smallest absolute Gasteiger partial charge is 0.323 e. The minimum absolute atomic E-state index is 0.0970. The van der Waals surface area contributed by atoms with Gasteiger partial charge < -0.3 is 15.7 Å². The van der Waals surface area contributed by atoms with Crippen molar-refractivity contribution in [1.82, 2.24) is 4.90 Å². The lowest BCUT2D eigenvalue weighted by atomic mass is 9.94. The van der Waals surface area contributed by atoms with Crippen LogP contribution in [-0.2, 0) is 9.59 Å². The molecular formula is C12H22N2O3. The number of amides is 1. The van der Waals surface area contributed by atoms with E-state index in [1.165, 1.54) is 4.90 Å². The Balaban J connectivity index is 2.81. The minimum Gasteiger partial charge on any atom is -0.480 e. The Morgan fingerprint density at radius 3 is 2.41 bits per heavy atom. The maximum absolute atomic E-state index is 12.3. The van der Waals surface area contributed by atoms with Gasteiger partial charge in [-0.15, -0.1) is 0 Å². The maximum Gasteiger partial charge on any atom is 0.323 e. The first-order valence-electron chi connectivity index (χ1n) is 6.12. The van der Waals surface area contributed by atoms with Crippen LogP contribution in [0.5, 0.6) is 0 Å². The van der Waals surface area contributed by atoms with E-state index in [4.69, 9.17) is 10.8 Å². The highest BCUT2D eigenvalue weighted by molar-refractivity contribution is 5.89. The fourth-order valence-electron chi connectivity index (χ4n) is 1.96. The Morgan fingerprint density at radius 2 is 2.06 bits per heavy atom. The highest BCUT2D eigenvalue weighted by atomic mass is 16.4. The SMILES string of the molecule is CCC(C)N(CC(=O)O)C(=O)C(C)(N)C1CC1. The van der Waals surface area contributed by atoms with Gasteiger partial charge in [-0.3, -0.25) is 9.59 Å². The van der Waals surface area contributed by atoms with Gasteiger partial charge in [0.2, 0.25) is 5.91 Å². The number of hydrogen-bond donors (Lipinski definition) is 2. The topological polar surface area (TPSA) is 83.6 Å². The van der Waals surface area contributed by atoms with Crippen molar-refractivity contribution in [3.05, 3.63) is 0 Å². The molecule has 1 rings (SSSR count). The molecule has 17 heavy (non-hydrogen) atoms. The van der Waals surface area contributed by atoms with Crippen molar-refractivity contribution < 1.29 is 14.7 Å². The summed E-state index contributed by atoms with van der Waals surface area (Å²) in [4.78, 5) is 24.5. The van der Waals surface area contributed by atoms with Crippen LogP contribution in [0, 0.1) is 5.92 Å². The van der Waals surface area contributed by atoms with Gasteiger partial charge in [0.05, 0.1) is 5.54 Å². The van der Waals surface area contributed by atoms with Crippen LogP contribution < -0.4 is 5.73 Å². The Bertz CT molecular complexity index is 311. The molecule has 0 radical (unpaired) electrons. The first kappa shape index (κ1) is 14.0. The number of rotatable bonds is 6. The van der Waals surface area contributed by atoms with Gasteiger partial charge in [-0.25, -0.2) is 0 Å². The number of nitrogens with zero attached hydrogens (tertiary/aromatic N) is 1. The molecule has 1 amide bonds. The second kappa shape index (κ2) is 5.04. The van der Waals surface area contributed by atoms with Gasteiger partial charge in [0.1, 0.15) is 6.54 Å². The molecule has 0 aromatic heterocycles. The van der Waals surface area contributed by atoms with Crippen molar-refractivity contribution in [2.75, 3.05) is 6.54 Å². The number of aliphatic carboxylic acids is 1. The summed E-state index contributed by atoms with van der Waals surface area (Å²) in [5, 5.41) is 8.86. The summed E-state index contributed by atoms with van der Waals surface area (Å²) in [5.41, 5.74) is 5.13. The van der Waals surface area contributed by atoms with E-state index in [1.807, 2.05) is 13.8 Å². The van der Waals surface area contributed by atoms with Crippen LogP contribution in [0.25, 0.3) is 0 Å². The summed E-state index contributed by atoms with van der Waals surface area (Å²) in [6.07, 6.45) is 2.64. The van der Waals surface area contributed by atoms with E-state index in [0.29, 0.717) is 0 Å². The number of carboxylic acid groups (broad SMARTS) is 1. The van der Waals surface area contributed by atoms with Gasteiger partial charge >= 0.3 is 5.97 Å². The molecular weight excluding hydrogens is 220 g/mol. The highest BCUT2D eigenvalue weighted by Crippen LogP contribution is 2.39. The fraction of sp³-hybridized carbons (Fsp3) is 0.833. The average molecular weight is 242 g/mol. The van der Waals surface area contributed by atoms with Crippen LogP contribution in [0.2, 0.25) is 0 Å². The molecule has 0 aromatic rings. The zero-order valence-corrected chi connectivity index (χ0v) is 10.8. The van der Waals surface area contributed by atoms with E-state index in [2.05, 4.69) is 0 Å². The first-order chi connectivity index (χ1) is 7.80. The maximum atomic E-state index is 12.3. The minimum atomic E-state index is -0.995. The number of hydrogen-bond acceptors (Lipinski definition) is 3. The molecule has 1 aliphatic rings. The molecule has 0 bridgehead atoms. The second-order valence-corrected chi connectivity index (χ2v) is 5.14. The number of carbonyl (C=O) groups is 2.